The standard InChI is InChI=1S/C18H17ClN2O2/c19-14-5-1-4-13(10-14)11-17(22)20-15-6-2-7-16(12-15)21-9-3-8-18(21)23/h1-2,4-7,10,12H,3,8-9,11H2,(H,20,22). The first kappa shape index (κ1) is 15.6. The summed E-state index contributed by atoms with van der Waals surface area (Å²) in [5.41, 5.74) is 2.38. The smallest absolute Gasteiger partial charge is 0.228 e. The summed E-state index contributed by atoms with van der Waals surface area (Å²) in [5, 5.41) is 3.48. The van der Waals surface area contributed by atoms with Crippen LogP contribution in [-0.2, 0) is 16.0 Å². The number of halogens is 1. The molecular weight excluding hydrogens is 312 g/mol. The van der Waals surface area contributed by atoms with Crippen LogP contribution in [-0.4, -0.2) is 18.4 Å². The maximum atomic E-state index is 12.2. The Balaban J connectivity index is 1.68. The molecule has 0 radical (unpaired) electrons. The van der Waals surface area contributed by atoms with Crippen LogP contribution < -0.4 is 10.2 Å². The van der Waals surface area contributed by atoms with Crippen molar-refractivity contribution in [2.24, 2.45) is 0 Å². The van der Waals surface area contributed by atoms with Crippen LogP contribution in [0.3, 0.4) is 0 Å². The van der Waals surface area contributed by atoms with Gasteiger partial charge in [0.1, 0.15) is 0 Å². The highest BCUT2D eigenvalue weighted by molar-refractivity contribution is 6.30. The van der Waals surface area contributed by atoms with E-state index in [-0.39, 0.29) is 18.2 Å². The van der Waals surface area contributed by atoms with E-state index in [2.05, 4.69) is 5.32 Å². The van der Waals surface area contributed by atoms with Crippen molar-refractivity contribution in [1.82, 2.24) is 0 Å². The molecule has 1 N–H and O–H groups in total. The average Bonchev–Trinajstić information content (AvgIpc) is 2.93. The molecule has 1 saturated heterocycles. The van der Waals surface area contributed by atoms with Crippen molar-refractivity contribution in [2.75, 3.05) is 16.8 Å². The van der Waals surface area contributed by atoms with Gasteiger partial charge in [-0.25, -0.2) is 0 Å². The van der Waals surface area contributed by atoms with Crippen molar-refractivity contribution in [3.05, 3.63) is 59.1 Å². The third-order valence-corrected chi connectivity index (χ3v) is 4.00. The number of carbonyl (C=O) groups excluding carboxylic acids is 2. The number of hydrogen-bond donors (Lipinski definition) is 1. The van der Waals surface area contributed by atoms with E-state index in [0.717, 1.165) is 24.2 Å². The lowest BCUT2D eigenvalue weighted by molar-refractivity contribution is -0.117. The Hall–Kier alpha value is -2.33. The topological polar surface area (TPSA) is 49.4 Å². The molecule has 0 aromatic heterocycles. The van der Waals surface area contributed by atoms with Crippen molar-refractivity contribution >= 4 is 34.8 Å². The third kappa shape index (κ3) is 3.90. The molecule has 4 nitrogen and oxygen atoms in total. The zero-order valence-corrected chi connectivity index (χ0v) is 13.3. The van der Waals surface area contributed by atoms with E-state index in [9.17, 15) is 9.59 Å². The van der Waals surface area contributed by atoms with Crippen LogP contribution >= 0.6 is 11.6 Å². The maximum absolute atomic E-state index is 12.2. The van der Waals surface area contributed by atoms with Gasteiger partial charge in [0.25, 0.3) is 0 Å². The molecule has 0 saturated carbocycles. The molecule has 2 aromatic rings. The van der Waals surface area contributed by atoms with Gasteiger partial charge in [0.2, 0.25) is 11.8 Å². The maximum Gasteiger partial charge on any atom is 0.228 e. The van der Waals surface area contributed by atoms with E-state index in [1.807, 2.05) is 36.4 Å². The highest BCUT2D eigenvalue weighted by atomic mass is 35.5. The van der Waals surface area contributed by atoms with E-state index in [0.29, 0.717) is 17.1 Å². The molecule has 0 bridgehead atoms. The van der Waals surface area contributed by atoms with Crippen molar-refractivity contribution in [3.63, 3.8) is 0 Å². The zero-order chi connectivity index (χ0) is 16.2. The SMILES string of the molecule is O=C(Cc1cccc(Cl)c1)Nc1cccc(N2CCCC2=O)c1. The van der Waals surface area contributed by atoms with Crippen molar-refractivity contribution in [1.29, 1.82) is 0 Å². The van der Waals surface area contributed by atoms with Crippen LogP contribution in [0.2, 0.25) is 5.02 Å². The zero-order valence-electron chi connectivity index (χ0n) is 12.6. The van der Waals surface area contributed by atoms with Gasteiger partial charge in [0.05, 0.1) is 6.42 Å². The Morgan fingerprint density at radius 3 is 2.74 bits per heavy atom. The fourth-order valence-electron chi connectivity index (χ4n) is 2.71. The molecule has 2 amide bonds. The van der Waals surface area contributed by atoms with Gasteiger partial charge in [-0.15, -0.1) is 0 Å². The second-order valence-electron chi connectivity index (χ2n) is 5.55. The summed E-state index contributed by atoms with van der Waals surface area (Å²) in [6, 6.07) is 14.6. The molecule has 23 heavy (non-hydrogen) atoms. The van der Waals surface area contributed by atoms with Crippen molar-refractivity contribution < 1.29 is 9.59 Å². The highest BCUT2D eigenvalue weighted by Crippen LogP contribution is 2.24. The Labute approximate surface area is 140 Å². The predicted molar refractivity (Wildman–Crippen MR) is 91.8 cm³/mol. The molecule has 1 aliphatic heterocycles. The summed E-state index contributed by atoms with van der Waals surface area (Å²) in [6.45, 7) is 0.735. The fourth-order valence-corrected chi connectivity index (χ4v) is 2.92. The summed E-state index contributed by atoms with van der Waals surface area (Å²) < 4.78 is 0. The van der Waals surface area contributed by atoms with Crippen molar-refractivity contribution in [2.45, 2.75) is 19.3 Å². The second-order valence-corrected chi connectivity index (χ2v) is 5.99. The Bertz CT molecular complexity index is 745. The fraction of sp³-hybridized carbons (Fsp3) is 0.222. The molecule has 1 fully saturated rings. The highest BCUT2D eigenvalue weighted by Gasteiger charge is 2.21. The summed E-state index contributed by atoms with van der Waals surface area (Å²) in [6.07, 6.45) is 1.73. The number of benzene rings is 2. The van der Waals surface area contributed by atoms with Gasteiger partial charge in [-0.3, -0.25) is 9.59 Å². The quantitative estimate of drug-likeness (QED) is 0.931. The van der Waals surface area contributed by atoms with Crippen LogP contribution in [0.4, 0.5) is 11.4 Å². The first-order chi connectivity index (χ1) is 11.1. The molecule has 0 spiro atoms. The predicted octanol–water partition coefficient (Wildman–Crippen LogP) is 3.65. The van der Waals surface area contributed by atoms with Gasteiger partial charge < -0.3 is 10.2 Å². The van der Waals surface area contributed by atoms with Gasteiger partial charge in [0.15, 0.2) is 0 Å². The Morgan fingerprint density at radius 2 is 2.00 bits per heavy atom. The first-order valence-electron chi connectivity index (χ1n) is 7.56. The van der Waals surface area contributed by atoms with E-state index in [1.165, 1.54) is 0 Å². The van der Waals surface area contributed by atoms with Gasteiger partial charge in [0, 0.05) is 29.4 Å². The lowest BCUT2D eigenvalue weighted by Crippen LogP contribution is -2.23. The van der Waals surface area contributed by atoms with E-state index in [4.69, 9.17) is 11.6 Å². The summed E-state index contributed by atoms with van der Waals surface area (Å²) in [5.74, 6) is 0.0181. The lowest BCUT2D eigenvalue weighted by atomic mass is 10.1. The van der Waals surface area contributed by atoms with Gasteiger partial charge in [-0.2, -0.15) is 0 Å². The average molecular weight is 329 g/mol. The number of nitrogens with zero attached hydrogens (tertiary/aromatic N) is 1. The number of hydrogen-bond acceptors (Lipinski definition) is 2. The molecule has 5 heteroatoms. The van der Waals surface area contributed by atoms with Crippen LogP contribution in [0.1, 0.15) is 18.4 Å². The normalized spacial score (nSPS) is 14.1. The van der Waals surface area contributed by atoms with E-state index >= 15 is 0 Å². The molecule has 2 aromatic carbocycles. The largest absolute Gasteiger partial charge is 0.326 e. The molecule has 0 aliphatic carbocycles. The minimum atomic E-state index is -0.114. The Morgan fingerprint density at radius 1 is 1.17 bits per heavy atom. The van der Waals surface area contributed by atoms with Crippen molar-refractivity contribution in [3.8, 4) is 0 Å². The number of rotatable bonds is 4. The summed E-state index contributed by atoms with van der Waals surface area (Å²) in [4.78, 5) is 25.7. The first-order valence-corrected chi connectivity index (χ1v) is 7.94. The molecule has 1 heterocycles. The minimum absolute atomic E-state index is 0.114. The molecular formula is C18H17ClN2O2. The van der Waals surface area contributed by atoms with Crippen LogP contribution in [0.25, 0.3) is 0 Å². The Kier molecular flexibility index (Phi) is 4.63. The van der Waals surface area contributed by atoms with Crippen LogP contribution in [0, 0.1) is 0 Å². The second kappa shape index (κ2) is 6.84. The van der Waals surface area contributed by atoms with Gasteiger partial charge >= 0.3 is 0 Å². The minimum Gasteiger partial charge on any atom is -0.326 e. The molecule has 118 valence electrons. The summed E-state index contributed by atoms with van der Waals surface area (Å²) >= 11 is 5.93. The number of anilines is 2. The number of nitrogens with one attached hydrogen (secondary N) is 1. The van der Waals surface area contributed by atoms with Gasteiger partial charge in [-0.05, 0) is 42.3 Å². The third-order valence-electron chi connectivity index (χ3n) is 3.77. The number of amides is 2. The van der Waals surface area contributed by atoms with E-state index in [1.54, 1.807) is 17.0 Å². The monoisotopic (exact) mass is 328 g/mol. The number of carbonyl (C=O) groups is 2. The van der Waals surface area contributed by atoms with Crippen LogP contribution in [0.5, 0.6) is 0 Å². The molecule has 0 unspecified atom stereocenters. The molecule has 3 rings (SSSR count). The van der Waals surface area contributed by atoms with Crippen LogP contribution in [0.15, 0.2) is 48.5 Å². The summed E-state index contributed by atoms with van der Waals surface area (Å²) in [7, 11) is 0. The lowest BCUT2D eigenvalue weighted by Gasteiger charge is -2.16. The molecule has 1 aliphatic rings. The van der Waals surface area contributed by atoms with Gasteiger partial charge in [-0.1, -0.05) is 29.8 Å². The molecule has 0 atom stereocenters. The van der Waals surface area contributed by atoms with E-state index < -0.39 is 0 Å².